The Labute approximate surface area is 197 Å². The minimum absolute atomic E-state index is 0.397. The molecule has 2 aromatic carbocycles. The largest absolute Gasteiger partial charge is 0.300 e. The van der Waals surface area contributed by atoms with Crippen molar-refractivity contribution >= 4 is 57.4 Å². The highest BCUT2D eigenvalue weighted by atomic mass is 35.5. The third-order valence-electron chi connectivity index (χ3n) is 6.66. The van der Waals surface area contributed by atoms with Crippen molar-refractivity contribution in [3.8, 4) is 0 Å². The zero-order chi connectivity index (χ0) is 22.3. The van der Waals surface area contributed by atoms with Crippen LogP contribution in [0.3, 0.4) is 0 Å². The van der Waals surface area contributed by atoms with E-state index in [2.05, 4.69) is 10.3 Å². The molecular formula is C23H15Cl2N3O3S. The van der Waals surface area contributed by atoms with Crippen LogP contribution in [0.15, 0.2) is 60.1 Å². The van der Waals surface area contributed by atoms with Gasteiger partial charge in [-0.2, -0.15) is 0 Å². The number of thiazole rings is 1. The summed E-state index contributed by atoms with van der Waals surface area (Å²) in [4.78, 5) is 42.3. The number of hydrogen-bond acceptors (Lipinski definition) is 5. The highest BCUT2D eigenvalue weighted by molar-refractivity contribution is 7.13. The van der Waals surface area contributed by atoms with Crippen LogP contribution < -0.4 is 5.32 Å². The molecule has 1 fully saturated rings. The Kier molecular flexibility index (Phi) is 4.13. The quantitative estimate of drug-likeness (QED) is 0.455. The van der Waals surface area contributed by atoms with Crippen molar-refractivity contribution in [2.24, 2.45) is 11.8 Å². The zero-order valence-corrected chi connectivity index (χ0v) is 18.7. The van der Waals surface area contributed by atoms with Gasteiger partial charge in [0.05, 0.1) is 11.8 Å². The molecule has 9 heteroatoms. The summed E-state index contributed by atoms with van der Waals surface area (Å²) in [6.07, 6.45) is 1.56. The fraction of sp³-hybridized carbons (Fsp3) is 0.217. The number of nitrogens with zero attached hydrogens (tertiary/aromatic N) is 2. The number of likely N-dealkylation sites (tertiary alicyclic amines) is 1. The van der Waals surface area contributed by atoms with E-state index in [0.717, 1.165) is 27.2 Å². The Morgan fingerprint density at radius 2 is 1.41 bits per heavy atom. The SMILES string of the molecule is O=C(CN1C(=O)[C@H]2[C@H](C1=O)C1(Cl)c3ccccc3C2(Cl)c2ccccc21)Nc1nccs1. The van der Waals surface area contributed by atoms with Crippen LogP contribution in [0.5, 0.6) is 0 Å². The van der Waals surface area contributed by atoms with E-state index in [1.54, 1.807) is 11.6 Å². The summed E-state index contributed by atoms with van der Waals surface area (Å²) in [5.74, 6) is -3.30. The molecule has 1 saturated heterocycles. The van der Waals surface area contributed by atoms with Gasteiger partial charge in [0.15, 0.2) is 5.13 Å². The molecule has 2 bridgehead atoms. The van der Waals surface area contributed by atoms with Crippen molar-refractivity contribution in [1.29, 1.82) is 0 Å². The fourth-order valence-electron chi connectivity index (χ4n) is 5.47. The highest BCUT2D eigenvalue weighted by Crippen LogP contribution is 2.69. The Hall–Kier alpha value is -2.74. The van der Waals surface area contributed by atoms with Crippen LogP contribution in [0.25, 0.3) is 0 Å². The number of alkyl halides is 2. The number of anilines is 1. The topological polar surface area (TPSA) is 79.4 Å². The highest BCUT2D eigenvalue weighted by Gasteiger charge is 2.73. The summed E-state index contributed by atoms with van der Waals surface area (Å²) in [6.45, 7) is -0.420. The number of halogens is 2. The summed E-state index contributed by atoms with van der Waals surface area (Å²) >= 11 is 15.9. The number of hydrogen-bond donors (Lipinski definition) is 1. The molecule has 2 atom stereocenters. The van der Waals surface area contributed by atoms with Gasteiger partial charge in [-0.05, 0) is 22.3 Å². The Morgan fingerprint density at radius 3 is 1.81 bits per heavy atom. The lowest BCUT2D eigenvalue weighted by molar-refractivity contribution is -0.142. The van der Waals surface area contributed by atoms with E-state index in [0.29, 0.717) is 5.13 Å². The number of carbonyl (C=O) groups excluding carboxylic acids is 3. The number of imide groups is 1. The van der Waals surface area contributed by atoms with Crippen molar-refractivity contribution in [2.75, 3.05) is 11.9 Å². The van der Waals surface area contributed by atoms with E-state index >= 15 is 0 Å². The van der Waals surface area contributed by atoms with E-state index < -0.39 is 45.9 Å². The van der Waals surface area contributed by atoms with Crippen LogP contribution in [-0.2, 0) is 24.1 Å². The van der Waals surface area contributed by atoms with Crippen LogP contribution in [0.2, 0.25) is 0 Å². The van der Waals surface area contributed by atoms with Crippen molar-refractivity contribution in [1.82, 2.24) is 9.88 Å². The molecule has 3 amide bonds. The first-order valence-corrected chi connectivity index (χ1v) is 11.6. The average Bonchev–Trinajstić information content (AvgIpc) is 3.39. The lowest BCUT2D eigenvalue weighted by Crippen LogP contribution is -2.57. The van der Waals surface area contributed by atoms with E-state index in [9.17, 15) is 14.4 Å². The molecule has 4 aliphatic rings. The van der Waals surface area contributed by atoms with E-state index in [1.807, 2.05) is 48.5 Å². The van der Waals surface area contributed by atoms with Gasteiger partial charge in [-0.3, -0.25) is 19.3 Å². The first kappa shape index (κ1) is 19.9. The number of benzene rings is 2. The zero-order valence-electron chi connectivity index (χ0n) is 16.4. The first-order valence-electron chi connectivity index (χ1n) is 10.0. The second-order valence-electron chi connectivity index (χ2n) is 8.12. The minimum atomic E-state index is -1.25. The number of amides is 3. The van der Waals surface area contributed by atoms with Gasteiger partial charge in [0, 0.05) is 11.6 Å². The molecule has 1 N–H and O–H groups in total. The van der Waals surface area contributed by atoms with Crippen molar-refractivity contribution in [2.45, 2.75) is 9.75 Å². The van der Waals surface area contributed by atoms with Gasteiger partial charge < -0.3 is 5.32 Å². The summed E-state index contributed by atoms with van der Waals surface area (Å²) in [5, 5.41) is 4.74. The Morgan fingerprint density at radius 1 is 0.938 bits per heavy atom. The van der Waals surface area contributed by atoms with Gasteiger partial charge in [0.25, 0.3) is 0 Å². The average molecular weight is 484 g/mol. The third kappa shape index (κ3) is 2.31. The Bertz CT molecular complexity index is 1190. The molecule has 0 radical (unpaired) electrons. The van der Waals surface area contributed by atoms with E-state index in [1.165, 1.54) is 11.3 Å². The van der Waals surface area contributed by atoms with Crippen LogP contribution in [0.4, 0.5) is 5.13 Å². The maximum absolute atomic E-state index is 13.6. The molecule has 0 spiro atoms. The summed E-state index contributed by atoms with van der Waals surface area (Å²) in [7, 11) is 0. The number of rotatable bonds is 3. The van der Waals surface area contributed by atoms with Gasteiger partial charge in [0.1, 0.15) is 16.3 Å². The predicted molar refractivity (Wildman–Crippen MR) is 121 cm³/mol. The molecule has 1 aromatic heterocycles. The van der Waals surface area contributed by atoms with E-state index in [-0.39, 0.29) is 0 Å². The summed E-state index contributed by atoms with van der Waals surface area (Å²) in [5.41, 5.74) is 2.91. The number of aromatic nitrogens is 1. The first-order chi connectivity index (χ1) is 15.4. The molecule has 3 aromatic rings. The molecule has 0 unspecified atom stereocenters. The second-order valence-corrected chi connectivity index (χ2v) is 10.2. The van der Waals surface area contributed by atoms with Crippen LogP contribution in [0, 0.1) is 11.8 Å². The van der Waals surface area contributed by atoms with Gasteiger partial charge in [-0.1, -0.05) is 48.5 Å². The second kappa shape index (κ2) is 6.63. The lowest BCUT2D eigenvalue weighted by Gasteiger charge is -2.54. The molecule has 2 heterocycles. The smallest absolute Gasteiger partial charge is 0.246 e. The van der Waals surface area contributed by atoms with Gasteiger partial charge in [-0.15, -0.1) is 34.5 Å². The normalized spacial score (nSPS) is 29.5. The maximum Gasteiger partial charge on any atom is 0.246 e. The van der Waals surface area contributed by atoms with Crippen molar-refractivity contribution in [3.63, 3.8) is 0 Å². The fourth-order valence-corrected chi connectivity index (χ4v) is 7.11. The predicted octanol–water partition coefficient (Wildman–Crippen LogP) is 3.67. The lowest BCUT2D eigenvalue weighted by atomic mass is 9.54. The molecule has 160 valence electrons. The van der Waals surface area contributed by atoms with Gasteiger partial charge in [0.2, 0.25) is 17.7 Å². The third-order valence-corrected chi connectivity index (χ3v) is 8.63. The molecule has 6 nitrogen and oxygen atoms in total. The molecule has 3 aliphatic carbocycles. The molecule has 0 saturated carbocycles. The van der Waals surface area contributed by atoms with Crippen LogP contribution >= 0.6 is 34.5 Å². The summed E-state index contributed by atoms with van der Waals surface area (Å²) in [6, 6.07) is 14.8. The molecule has 32 heavy (non-hydrogen) atoms. The molecule has 1 aliphatic heterocycles. The van der Waals surface area contributed by atoms with Crippen molar-refractivity contribution < 1.29 is 14.4 Å². The Balaban J connectivity index is 1.48. The maximum atomic E-state index is 13.6. The molecular weight excluding hydrogens is 469 g/mol. The van der Waals surface area contributed by atoms with Crippen LogP contribution in [0.1, 0.15) is 22.3 Å². The number of nitrogens with one attached hydrogen (secondary N) is 1. The summed E-state index contributed by atoms with van der Waals surface area (Å²) < 4.78 is 0. The minimum Gasteiger partial charge on any atom is -0.300 e. The van der Waals surface area contributed by atoms with Gasteiger partial charge in [-0.25, -0.2) is 4.98 Å². The van der Waals surface area contributed by atoms with Gasteiger partial charge >= 0.3 is 0 Å². The number of carbonyl (C=O) groups is 3. The van der Waals surface area contributed by atoms with Crippen LogP contribution in [-0.4, -0.2) is 34.2 Å². The monoisotopic (exact) mass is 483 g/mol. The standard InChI is InChI=1S/C23H15Cl2N3O3S/c24-22-12-5-1-2-6-13(12)23(25,15-8-4-3-7-14(15)22)18-17(22)19(30)28(20(18)31)11-16(29)27-21-26-9-10-32-21/h1-10,17-18H,11H2,(H,26,27,29)/t17-,18-,22?,23?/m1/s1. The van der Waals surface area contributed by atoms with E-state index in [4.69, 9.17) is 23.2 Å². The molecule has 7 rings (SSSR count). The van der Waals surface area contributed by atoms with Crippen molar-refractivity contribution in [3.05, 3.63) is 82.4 Å².